The van der Waals surface area contributed by atoms with Gasteiger partial charge >= 0.3 is 0 Å². The van der Waals surface area contributed by atoms with Gasteiger partial charge in [-0.05, 0) is 31.5 Å². The van der Waals surface area contributed by atoms with Crippen LogP contribution in [0, 0.1) is 0 Å². The predicted molar refractivity (Wildman–Crippen MR) is 53.8 cm³/mol. The molecule has 2 heterocycles. The average Bonchev–Trinajstić information content (AvgIpc) is 2.71. The summed E-state index contributed by atoms with van der Waals surface area (Å²) in [6.45, 7) is 0.850. The lowest BCUT2D eigenvalue weighted by Gasteiger charge is -2.19. The molecule has 1 aromatic rings. The molecule has 1 fully saturated rings. The van der Waals surface area contributed by atoms with E-state index in [0.29, 0.717) is 0 Å². The second-order valence-corrected chi connectivity index (χ2v) is 3.92. The van der Waals surface area contributed by atoms with Gasteiger partial charge in [0.05, 0.1) is 0 Å². The molecule has 1 aliphatic heterocycles. The number of pyridine rings is 1. The molecule has 1 aromatic heterocycles. The second kappa shape index (κ2) is 4.23. The van der Waals surface area contributed by atoms with Crippen molar-refractivity contribution in [2.24, 2.45) is 0 Å². The highest BCUT2D eigenvalue weighted by Crippen LogP contribution is 2.32. The fourth-order valence-corrected chi connectivity index (χ4v) is 1.92. The zero-order valence-electron chi connectivity index (χ0n) is 8.42. The zero-order valence-corrected chi connectivity index (χ0v) is 8.42. The summed E-state index contributed by atoms with van der Waals surface area (Å²) in [4.78, 5) is 3.71. The van der Waals surface area contributed by atoms with E-state index in [-0.39, 0.29) is 18.2 Å². The molecule has 1 aliphatic rings. The fourth-order valence-electron chi connectivity index (χ4n) is 1.92. The van der Waals surface area contributed by atoms with Crippen LogP contribution in [0.4, 0.5) is 8.78 Å². The smallest absolute Gasteiger partial charge is 0.291 e. The molecule has 0 aromatic carbocycles. The maximum absolute atomic E-state index is 13.7. The number of nitrogens with one attached hydrogen (secondary N) is 1. The molecule has 4 heteroatoms. The van der Waals surface area contributed by atoms with Gasteiger partial charge in [0.2, 0.25) is 0 Å². The van der Waals surface area contributed by atoms with E-state index in [2.05, 4.69) is 10.3 Å². The van der Waals surface area contributed by atoms with Gasteiger partial charge in [-0.1, -0.05) is 6.07 Å². The molecule has 1 atom stereocenters. The molecule has 0 bridgehead atoms. The van der Waals surface area contributed by atoms with E-state index < -0.39 is 5.92 Å². The highest BCUT2D eigenvalue weighted by atomic mass is 19.3. The van der Waals surface area contributed by atoms with Crippen LogP contribution in [-0.2, 0) is 5.92 Å². The third-order valence-electron chi connectivity index (χ3n) is 2.70. The Morgan fingerprint density at radius 1 is 1.47 bits per heavy atom. The van der Waals surface area contributed by atoms with E-state index in [4.69, 9.17) is 0 Å². The number of halogens is 2. The van der Waals surface area contributed by atoms with E-state index in [0.717, 1.165) is 19.4 Å². The summed E-state index contributed by atoms with van der Waals surface area (Å²) in [7, 11) is 0. The van der Waals surface area contributed by atoms with Crippen molar-refractivity contribution in [2.45, 2.75) is 31.2 Å². The number of nitrogens with zero attached hydrogens (tertiary/aromatic N) is 1. The molecule has 0 saturated carbocycles. The SMILES string of the molecule is FC(F)(CC1CCCN1)c1ccccn1. The quantitative estimate of drug-likeness (QED) is 0.831. The summed E-state index contributed by atoms with van der Waals surface area (Å²) in [5.41, 5.74) is -0.126. The maximum Gasteiger partial charge on any atom is 0.291 e. The third-order valence-corrected chi connectivity index (χ3v) is 2.70. The van der Waals surface area contributed by atoms with Gasteiger partial charge in [0.15, 0.2) is 0 Å². The summed E-state index contributed by atoms with van der Waals surface area (Å²) >= 11 is 0. The highest BCUT2D eigenvalue weighted by molar-refractivity contribution is 5.10. The maximum atomic E-state index is 13.7. The minimum absolute atomic E-state index is 0.0676. The van der Waals surface area contributed by atoms with Gasteiger partial charge in [0.25, 0.3) is 5.92 Å². The number of hydrogen-bond acceptors (Lipinski definition) is 2. The first-order chi connectivity index (χ1) is 7.18. The molecule has 2 nitrogen and oxygen atoms in total. The van der Waals surface area contributed by atoms with Crippen molar-refractivity contribution in [3.05, 3.63) is 30.1 Å². The standard InChI is InChI=1S/C11H14F2N2/c12-11(13,8-9-4-3-7-14-9)10-5-1-2-6-15-10/h1-2,5-6,9,14H,3-4,7-8H2. The fraction of sp³-hybridized carbons (Fsp3) is 0.545. The van der Waals surface area contributed by atoms with Gasteiger partial charge in [-0.25, -0.2) is 0 Å². The minimum atomic E-state index is -2.82. The van der Waals surface area contributed by atoms with Gasteiger partial charge in [-0.15, -0.1) is 0 Å². The highest BCUT2D eigenvalue weighted by Gasteiger charge is 2.36. The molecule has 1 saturated heterocycles. The van der Waals surface area contributed by atoms with Crippen LogP contribution in [-0.4, -0.2) is 17.6 Å². The molecule has 0 spiro atoms. The summed E-state index contributed by atoms with van der Waals surface area (Å²) in [6, 6.07) is 4.56. The van der Waals surface area contributed by atoms with E-state index in [1.165, 1.54) is 12.3 Å². The Hall–Kier alpha value is -1.03. The lowest BCUT2D eigenvalue weighted by molar-refractivity contribution is -0.0255. The first-order valence-corrected chi connectivity index (χ1v) is 5.21. The molecule has 15 heavy (non-hydrogen) atoms. The van der Waals surface area contributed by atoms with Crippen LogP contribution in [0.5, 0.6) is 0 Å². The monoisotopic (exact) mass is 212 g/mol. The Labute approximate surface area is 87.7 Å². The molecule has 0 aliphatic carbocycles. The van der Waals surface area contributed by atoms with Crippen LogP contribution in [0.25, 0.3) is 0 Å². The van der Waals surface area contributed by atoms with Crippen LogP contribution in [0.1, 0.15) is 25.0 Å². The van der Waals surface area contributed by atoms with E-state index in [1.807, 2.05) is 0 Å². The van der Waals surface area contributed by atoms with E-state index >= 15 is 0 Å². The Morgan fingerprint density at radius 3 is 2.93 bits per heavy atom. The molecular weight excluding hydrogens is 198 g/mol. The first kappa shape index (κ1) is 10.5. The van der Waals surface area contributed by atoms with Gasteiger partial charge in [-0.2, -0.15) is 8.78 Å². The van der Waals surface area contributed by atoms with Crippen molar-refractivity contribution in [3.8, 4) is 0 Å². The van der Waals surface area contributed by atoms with Crippen molar-refractivity contribution < 1.29 is 8.78 Å². The van der Waals surface area contributed by atoms with Crippen LogP contribution >= 0.6 is 0 Å². The molecule has 0 radical (unpaired) electrons. The molecule has 1 unspecified atom stereocenters. The number of alkyl halides is 2. The van der Waals surface area contributed by atoms with Crippen molar-refractivity contribution in [3.63, 3.8) is 0 Å². The largest absolute Gasteiger partial charge is 0.314 e. The number of hydrogen-bond donors (Lipinski definition) is 1. The topological polar surface area (TPSA) is 24.9 Å². The Morgan fingerprint density at radius 2 is 2.33 bits per heavy atom. The molecular formula is C11H14F2N2. The van der Waals surface area contributed by atoms with Gasteiger partial charge < -0.3 is 5.32 Å². The summed E-state index contributed by atoms with van der Waals surface area (Å²) in [5, 5.41) is 3.07. The lowest BCUT2D eigenvalue weighted by atomic mass is 10.0. The first-order valence-electron chi connectivity index (χ1n) is 5.21. The zero-order chi connectivity index (χ0) is 10.7. The number of rotatable bonds is 3. The Kier molecular flexibility index (Phi) is 2.95. The third kappa shape index (κ3) is 2.50. The average molecular weight is 212 g/mol. The van der Waals surface area contributed by atoms with Gasteiger partial charge in [0.1, 0.15) is 5.69 Å². The molecule has 82 valence electrons. The molecule has 0 amide bonds. The molecule has 2 rings (SSSR count). The Balaban J connectivity index is 2.05. The van der Waals surface area contributed by atoms with E-state index in [9.17, 15) is 8.78 Å². The van der Waals surface area contributed by atoms with Crippen molar-refractivity contribution in [2.75, 3.05) is 6.54 Å². The summed E-state index contributed by atoms with van der Waals surface area (Å²) in [6.07, 6.45) is 3.08. The summed E-state index contributed by atoms with van der Waals surface area (Å²) in [5.74, 6) is -2.82. The van der Waals surface area contributed by atoms with Crippen molar-refractivity contribution in [1.29, 1.82) is 0 Å². The predicted octanol–water partition coefficient (Wildman–Crippen LogP) is 2.32. The van der Waals surface area contributed by atoms with Crippen molar-refractivity contribution >= 4 is 0 Å². The van der Waals surface area contributed by atoms with Crippen LogP contribution in [0.2, 0.25) is 0 Å². The summed E-state index contributed by atoms with van der Waals surface area (Å²) < 4.78 is 27.4. The Bertz CT molecular complexity index is 308. The van der Waals surface area contributed by atoms with Gasteiger partial charge in [-0.3, -0.25) is 4.98 Å². The van der Waals surface area contributed by atoms with Gasteiger partial charge in [0, 0.05) is 18.7 Å². The molecule has 1 N–H and O–H groups in total. The number of aromatic nitrogens is 1. The second-order valence-electron chi connectivity index (χ2n) is 3.92. The minimum Gasteiger partial charge on any atom is -0.314 e. The van der Waals surface area contributed by atoms with E-state index in [1.54, 1.807) is 12.1 Å². The van der Waals surface area contributed by atoms with Crippen molar-refractivity contribution in [1.82, 2.24) is 10.3 Å². The van der Waals surface area contributed by atoms with Crippen LogP contribution in [0.15, 0.2) is 24.4 Å². The van der Waals surface area contributed by atoms with Crippen LogP contribution in [0.3, 0.4) is 0 Å². The van der Waals surface area contributed by atoms with Crippen LogP contribution < -0.4 is 5.32 Å². The lowest BCUT2D eigenvalue weighted by Crippen LogP contribution is -2.29. The normalized spacial score (nSPS) is 21.9.